The quantitative estimate of drug-likeness (QED) is 0.717. The smallest absolute Gasteiger partial charge is 0.160 e. The number of ether oxygens (including phenoxy) is 2. The highest BCUT2D eigenvalue weighted by molar-refractivity contribution is 4.86. The highest BCUT2D eigenvalue weighted by Crippen LogP contribution is 2.40. The first-order valence-electron chi connectivity index (χ1n) is 6.21. The molecule has 0 aliphatic carbocycles. The summed E-state index contributed by atoms with van der Waals surface area (Å²) in [7, 11) is 1.75. The summed E-state index contributed by atoms with van der Waals surface area (Å²) in [6, 6.07) is 0. The van der Waals surface area contributed by atoms with Crippen molar-refractivity contribution in [3.8, 4) is 0 Å². The van der Waals surface area contributed by atoms with Gasteiger partial charge >= 0.3 is 0 Å². The monoisotopic (exact) mass is 214 g/mol. The fourth-order valence-corrected chi connectivity index (χ4v) is 3.31. The van der Waals surface area contributed by atoms with Crippen molar-refractivity contribution in [2.24, 2.45) is 23.7 Å². The van der Waals surface area contributed by atoms with Crippen molar-refractivity contribution in [2.45, 2.75) is 53.4 Å². The second kappa shape index (κ2) is 5.31. The Morgan fingerprint density at radius 1 is 1.27 bits per heavy atom. The van der Waals surface area contributed by atoms with E-state index in [1.807, 2.05) is 0 Å². The van der Waals surface area contributed by atoms with Crippen LogP contribution in [-0.2, 0) is 9.47 Å². The Labute approximate surface area is 94.3 Å². The zero-order valence-corrected chi connectivity index (χ0v) is 11.0. The molecule has 0 saturated carbocycles. The van der Waals surface area contributed by atoms with E-state index >= 15 is 0 Å². The summed E-state index contributed by atoms with van der Waals surface area (Å²) >= 11 is 0. The predicted molar refractivity (Wildman–Crippen MR) is 62.6 cm³/mol. The van der Waals surface area contributed by atoms with Crippen LogP contribution in [0.5, 0.6) is 0 Å². The molecule has 0 aromatic carbocycles. The Hall–Kier alpha value is -0.0800. The van der Waals surface area contributed by atoms with Gasteiger partial charge in [0, 0.05) is 13.0 Å². The van der Waals surface area contributed by atoms with Crippen LogP contribution in [0.25, 0.3) is 0 Å². The number of rotatable bonds is 3. The first-order valence-corrected chi connectivity index (χ1v) is 6.21. The van der Waals surface area contributed by atoms with Crippen LogP contribution < -0.4 is 0 Å². The van der Waals surface area contributed by atoms with E-state index in [2.05, 4.69) is 34.6 Å². The molecule has 15 heavy (non-hydrogen) atoms. The molecule has 90 valence electrons. The lowest BCUT2D eigenvalue weighted by atomic mass is 9.71. The Balaban J connectivity index is 2.79. The minimum atomic E-state index is -0.00463. The molecule has 1 heterocycles. The third-order valence-electron chi connectivity index (χ3n) is 4.00. The summed E-state index contributed by atoms with van der Waals surface area (Å²) in [4.78, 5) is 0. The van der Waals surface area contributed by atoms with E-state index in [0.717, 1.165) is 6.42 Å². The van der Waals surface area contributed by atoms with Gasteiger partial charge < -0.3 is 9.47 Å². The van der Waals surface area contributed by atoms with E-state index in [0.29, 0.717) is 29.8 Å². The third-order valence-corrected chi connectivity index (χ3v) is 4.00. The average Bonchev–Trinajstić information content (AvgIpc) is 2.16. The molecule has 1 saturated heterocycles. The maximum atomic E-state index is 5.96. The Morgan fingerprint density at radius 3 is 2.27 bits per heavy atom. The first-order chi connectivity index (χ1) is 7.02. The molecule has 2 heteroatoms. The predicted octanol–water partition coefficient (Wildman–Crippen LogP) is 3.31. The third kappa shape index (κ3) is 2.54. The maximum Gasteiger partial charge on any atom is 0.160 e. The summed E-state index contributed by atoms with van der Waals surface area (Å²) < 4.78 is 11.4. The standard InChI is InChI=1S/C13H26O2/c1-7-11-9(4)12(8(2)3)10(5)15-13(11)14-6/h8-13H,7H2,1-6H3. The fourth-order valence-electron chi connectivity index (χ4n) is 3.31. The molecule has 0 aromatic heterocycles. The Morgan fingerprint density at radius 2 is 1.87 bits per heavy atom. The first kappa shape index (κ1) is 13.0. The second-order valence-electron chi connectivity index (χ2n) is 5.20. The van der Waals surface area contributed by atoms with Gasteiger partial charge in [-0.15, -0.1) is 0 Å². The largest absolute Gasteiger partial charge is 0.356 e. The molecule has 0 spiro atoms. The molecule has 0 bridgehead atoms. The van der Waals surface area contributed by atoms with Crippen LogP contribution in [0, 0.1) is 23.7 Å². The highest BCUT2D eigenvalue weighted by atomic mass is 16.7. The van der Waals surface area contributed by atoms with Crippen LogP contribution in [0.2, 0.25) is 0 Å². The van der Waals surface area contributed by atoms with E-state index in [-0.39, 0.29) is 6.29 Å². The van der Waals surface area contributed by atoms with E-state index in [4.69, 9.17) is 9.47 Å². The van der Waals surface area contributed by atoms with Gasteiger partial charge in [0.1, 0.15) is 0 Å². The van der Waals surface area contributed by atoms with Crippen LogP contribution in [0.3, 0.4) is 0 Å². The van der Waals surface area contributed by atoms with E-state index in [9.17, 15) is 0 Å². The zero-order valence-electron chi connectivity index (χ0n) is 11.0. The molecule has 0 aromatic rings. The number of hydrogen-bond donors (Lipinski definition) is 0. The van der Waals surface area contributed by atoms with Gasteiger partial charge in [0.15, 0.2) is 6.29 Å². The highest BCUT2D eigenvalue weighted by Gasteiger charge is 2.41. The summed E-state index contributed by atoms with van der Waals surface area (Å²) in [6.07, 6.45) is 1.44. The minimum Gasteiger partial charge on any atom is -0.356 e. The van der Waals surface area contributed by atoms with Crippen molar-refractivity contribution in [2.75, 3.05) is 7.11 Å². The summed E-state index contributed by atoms with van der Waals surface area (Å²) in [5.74, 6) is 2.56. The van der Waals surface area contributed by atoms with Crippen LogP contribution in [-0.4, -0.2) is 19.5 Å². The lowest BCUT2D eigenvalue weighted by Gasteiger charge is -2.46. The van der Waals surface area contributed by atoms with Crippen molar-refractivity contribution in [3.05, 3.63) is 0 Å². The van der Waals surface area contributed by atoms with Crippen LogP contribution in [0.15, 0.2) is 0 Å². The number of hydrogen-bond acceptors (Lipinski definition) is 2. The van der Waals surface area contributed by atoms with Crippen LogP contribution in [0.4, 0.5) is 0 Å². The van der Waals surface area contributed by atoms with Gasteiger partial charge in [-0.3, -0.25) is 0 Å². The van der Waals surface area contributed by atoms with Crippen LogP contribution in [0.1, 0.15) is 41.0 Å². The molecule has 1 aliphatic heterocycles. The van der Waals surface area contributed by atoms with Gasteiger partial charge in [0.2, 0.25) is 0 Å². The second-order valence-corrected chi connectivity index (χ2v) is 5.20. The molecule has 2 nitrogen and oxygen atoms in total. The van der Waals surface area contributed by atoms with Crippen molar-refractivity contribution in [3.63, 3.8) is 0 Å². The van der Waals surface area contributed by atoms with Gasteiger partial charge in [0.25, 0.3) is 0 Å². The van der Waals surface area contributed by atoms with Crippen molar-refractivity contribution >= 4 is 0 Å². The number of methoxy groups -OCH3 is 1. The maximum absolute atomic E-state index is 5.96. The Kier molecular flexibility index (Phi) is 4.60. The molecule has 0 radical (unpaired) electrons. The molecule has 0 N–H and O–H groups in total. The van der Waals surface area contributed by atoms with Crippen molar-refractivity contribution in [1.82, 2.24) is 0 Å². The van der Waals surface area contributed by atoms with Crippen molar-refractivity contribution < 1.29 is 9.47 Å². The van der Waals surface area contributed by atoms with Gasteiger partial charge in [-0.05, 0) is 31.1 Å². The van der Waals surface area contributed by atoms with Crippen LogP contribution >= 0.6 is 0 Å². The average molecular weight is 214 g/mol. The van der Waals surface area contributed by atoms with Crippen molar-refractivity contribution in [1.29, 1.82) is 0 Å². The molecule has 5 unspecified atom stereocenters. The lowest BCUT2D eigenvalue weighted by Crippen LogP contribution is -2.48. The lowest BCUT2D eigenvalue weighted by molar-refractivity contribution is -0.245. The summed E-state index contributed by atoms with van der Waals surface area (Å²) in [5.41, 5.74) is 0. The topological polar surface area (TPSA) is 18.5 Å². The molecule has 1 rings (SSSR count). The molecule has 5 atom stereocenters. The fraction of sp³-hybridized carbons (Fsp3) is 1.00. The normalized spacial score (nSPS) is 42.2. The van der Waals surface area contributed by atoms with Gasteiger partial charge in [-0.2, -0.15) is 0 Å². The van der Waals surface area contributed by atoms with Gasteiger partial charge in [-0.25, -0.2) is 0 Å². The minimum absolute atomic E-state index is 0.00463. The van der Waals surface area contributed by atoms with Gasteiger partial charge in [0.05, 0.1) is 6.10 Å². The van der Waals surface area contributed by atoms with E-state index < -0.39 is 0 Å². The molecular weight excluding hydrogens is 188 g/mol. The van der Waals surface area contributed by atoms with E-state index in [1.54, 1.807) is 7.11 Å². The summed E-state index contributed by atoms with van der Waals surface area (Å²) in [6.45, 7) is 11.3. The Bertz CT molecular complexity index is 191. The molecule has 1 fully saturated rings. The van der Waals surface area contributed by atoms with Gasteiger partial charge in [-0.1, -0.05) is 27.7 Å². The zero-order chi connectivity index (χ0) is 11.6. The van der Waals surface area contributed by atoms with E-state index in [1.165, 1.54) is 0 Å². The molecular formula is C13H26O2. The SMILES string of the molecule is CCC1C(OC)OC(C)C(C(C)C)C1C. The molecule has 0 amide bonds. The summed E-state index contributed by atoms with van der Waals surface area (Å²) in [5, 5.41) is 0. The molecule has 1 aliphatic rings.